The third kappa shape index (κ3) is 4.08. The van der Waals surface area contributed by atoms with Crippen molar-refractivity contribution in [2.24, 2.45) is 0 Å². The van der Waals surface area contributed by atoms with Crippen molar-refractivity contribution in [3.05, 3.63) is 46.9 Å². The van der Waals surface area contributed by atoms with Gasteiger partial charge in [0.05, 0.1) is 11.3 Å². The first-order valence-electron chi connectivity index (χ1n) is 7.94. The van der Waals surface area contributed by atoms with Crippen molar-refractivity contribution in [1.29, 1.82) is 0 Å². The number of hydrogen-bond acceptors (Lipinski definition) is 6. The molecule has 0 aliphatic carbocycles. The lowest BCUT2D eigenvalue weighted by molar-refractivity contribution is -0.114. The van der Waals surface area contributed by atoms with Gasteiger partial charge >= 0.3 is 0 Å². The van der Waals surface area contributed by atoms with E-state index in [1.54, 1.807) is 11.3 Å². The molecule has 1 aromatic carbocycles. The molecule has 8 heteroatoms. The Morgan fingerprint density at radius 3 is 2.77 bits per heavy atom. The molecule has 0 spiro atoms. The maximum atomic E-state index is 14.2. The molecule has 0 radical (unpaired) electrons. The van der Waals surface area contributed by atoms with Crippen molar-refractivity contribution in [1.82, 2.24) is 9.97 Å². The number of nitrogens with one attached hydrogen (secondary N) is 1. The van der Waals surface area contributed by atoms with Crippen molar-refractivity contribution in [3.8, 4) is 0 Å². The number of nitrogens with zero attached hydrogens (tertiary/aromatic N) is 2. The van der Waals surface area contributed by atoms with Crippen LogP contribution in [0.15, 0.2) is 35.6 Å². The molecule has 0 aliphatic heterocycles. The second kappa shape index (κ2) is 7.92. The van der Waals surface area contributed by atoms with Crippen LogP contribution in [0.3, 0.4) is 0 Å². The highest BCUT2D eigenvalue weighted by atomic mass is 32.2. The van der Waals surface area contributed by atoms with Gasteiger partial charge in [0.1, 0.15) is 22.0 Å². The smallest absolute Gasteiger partial charge is 0.221 e. The summed E-state index contributed by atoms with van der Waals surface area (Å²) < 4.78 is 14.2. The van der Waals surface area contributed by atoms with Gasteiger partial charge in [-0.3, -0.25) is 9.59 Å². The molecule has 0 saturated heterocycles. The minimum Gasteiger partial charge on any atom is -0.326 e. The highest BCUT2D eigenvalue weighted by Gasteiger charge is 2.15. The molecule has 0 bridgehead atoms. The Morgan fingerprint density at radius 1 is 1.27 bits per heavy atom. The van der Waals surface area contributed by atoms with Crippen LogP contribution in [-0.2, 0) is 11.2 Å². The summed E-state index contributed by atoms with van der Waals surface area (Å²) in [6.45, 7) is 3.41. The molecule has 0 fully saturated rings. The van der Waals surface area contributed by atoms with Gasteiger partial charge in [-0.05, 0) is 30.7 Å². The van der Waals surface area contributed by atoms with Gasteiger partial charge in [-0.2, -0.15) is 0 Å². The molecular weight excluding hydrogens is 373 g/mol. The lowest BCUT2D eigenvalue weighted by Crippen LogP contribution is -2.09. The number of anilines is 1. The van der Waals surface area contributed by atoms with E-state index >= 15 is 0 Å². The Balaban J connectivity index is 1.75. The summed E-state index contributed by atoms with van der Waals surface area (Å²) >= 11 is 2.88. The number of aromatic nitrogens is 2. The van der Waals surface area contributed by atoms with Crippen LogP contribution in [0.5, 0.6) is 0 Å². The first-order chi connectivity index (χ1) is 12.5. The molecule has 3 aromatic rings. The fourth-order valence-electron chi connectivity index (χ4n) is 2.41. The van der Waals surface area contributed by atoms with Gasteiger partial charge in [-0.15, -0.1) is 11.3 Å². The van der Waals surface area contributed by atoms with Crippen molar-refractivity contribution >= 4 is 50.7 Å². The number of hydrogen-bond donors (Lipinski definition) is 1. The summed E-state index contributed by atoms with van der Waals surface area (Å²) in [5, 5.41) is 4.13. The number of carbonyl (C=O) groups excluding carboxylic acids is 2. The molecule has 2 heterocycles. The molecule has 0 unspecified atom stereocenters. The van der Waals surface area contributed by atoms with E-state index in [1.165, 1.54) is 42.0 Å². The largest absolute Gasteiger partial charge is 0.326 e. The Morgan fingerprint density at radius 2 is 2.08 bits per heavy atom. The number of thiophene rings is 1. The van der Waals surface area contributed by atoms with Gasteiger partial charge in [-0.25, -0.2) is 14.4 Å². The number of Topliss-reactive ketones (excluding diaryl/α,β-unsaturated/α-hetero) is 1. The van der Waals surface area contributed by atoms with Crippen molar-refractivity contribution in [2.45, 2.75) is 25.3 Å². The number of fused-ring (bicyclic) bond motifs is 1. The third-order valence-electron chi connectivity index (χ3n) is 3.62. The summed E-state index contributed by atoms with van der Waals surface area (Å²) in [4.78, 5) is 34.0. The lowest BCUT2D eigenvalue weighted by Gasteiger charge is -2.06. The van der Waals surface area contributed by atoms with Crippen LogP contribution >= 0.6 is 23.1 Å². The number of thioether (sulfide) groups is 1. The second-order valence-electron chi connectivity index (χ2n) is 5.55. The van der Waals surface area contributed by atoms with Gasteiger partial charge in [0.15, 0.2) is 5.78 Å². The zero-order valence-corrected chi connectivity index (χ0v) is 15.8. The van der Waals surface area contributed by atoms with E-state index in [2.05, 4.69) is 22.2 Å². The quantitative estimate of drug-likeness (QED) is 0.386. The number of aryl methyl sites for hydroxylation is 1. The first-order valence-corrected chi connectivity index (χ1v) is 9.74. The van der Waals surface area contributed by atoms with Crippen LogP contribution in [0.25, 0.3) is 10.2 Å². The summed E-state index contributed by atoms with van der Waals surface area (Å²) in [7, 11) is 0. The predicted molar refractivity (Wildman–Crippen MR) is 103 cm³/mol. The third-order valence-corrected chi connectivity index (χ3v) is 5.81. The molecule has 2 aromatic heterocycles. The van der Waals surface area contributed by atoms with Crippen molar-refractivity contribution < 1.29 is 14.0 Å². The van der Waals surface area contributed by atoms with E-state index in [0.717, 1.165) is 27.7 Å². The van der Waals surface area contributed by atoms with Crippen molar-refractivity contribution in [2.75, 3.05) is 11.1 Å². The number of carbonyl (C=O) groups is 2. The molecule has 3 rings (SSSR count). The van der Waals surface area contributed by atoms with Crippen LogP contribution in [0.4, 0.5) is 10.1 Å². The van der Waals surface area contributed by atoms with Crippen LogP contribution in [-0.4, -0.2) is 27.4 Å². The van der Waals surface area contributed by atoms with E-state index in [4.69, 9.17) is 0 Å². The van der Waals surface area contributed by atoms with Crippen LogP contribution in [0.1, 0.15) is 29.1 Å². The Bertz CT molecular complexity index is 988. The van der Waals surface area contributed by atoms with E-state index in [0.29, 0.717) is 5.69 Å². The maximum absolute atomic E-state index is 14.2. The summed E-state index contributed by atoms with van der Waals surface area (Å²) in [6.07, 6.45) is 2.39. The summed E-state index contributed by atoms with van der Waals surface area (Å²) in [5.41, 5.74) is 0.318. The van der Waals surface area contributed by atoms with Gasteiger partial charge in [0, 0.05) is 22.9 Å². The fraction of sp³-hybridized carbons (Fsp3) is 0.222. The molecule has 0 saturated carbocycles. The Hall–Kier alpha value is -2.32. The normalized spacial score (nSPS) is 10.9. The first kappa shape index (κ1) is 18.5. The number of amides is 1. The molecule has 0 atom stereocenters. The molecule has 26 heavy (non-hydrogen) atoms. The monoisotopic (exact) mass is 389 g/mol. The standard InChI is InChI=1S/C18H16FN3O2S2/c1-3-12-7-14-17(20-9-21-18(14)26-12)25-8-16(24)13-5-4-11(6-15(13)19)22-10(2)23/h4-7,9H,3,8H2,1-2H3,(H,22,23). The van der Waals surface area contributed by atoms with Gasteiger partial charge in [0.2, 0.25) is 5.91 Å². The average molecular weight is 389 g/mol. The molecule has 1 N–H and O–H groups in total. The maximum Gasteiger partial charge on any atom is 0.221 e. The minimum atomic E-state index is -0.654. The van der Waals surface area contributed by atoms with E-state index in [1.807, 2.05) is 6.07 Å². The van der Waals surface area contributed by atoms with Gasteiger partial charge < -0.3 is 5.32 Å². The highest BCUT2D eigenvalue weighted by Crippen LogP contribution is 2.31. The molecule has 134 valence electrons. The van der Waals surface area contributed by atoms with E-state index < -0.39 is 5.82 Å². The summed E-state index contributed by atoms with van der Waals surface area (Å²) in [6, 6.07) is 6.08. The van der Waals surface area contributed by atoms with Crippen LogP contribution < -0.4 is 5.32 Å². The zero-order chi connectivity index (χ0) is 18.7. The predicted octanol–water partition coefficient (Wildman–Crippen LogP) is 4.33. The van der Waals surface area contributed by atoms with Gasteiger partial charge in [-0.1, -0.05) is 18.7 Å². The highest BCUT2D eigenvalue weighted by molar-refractivity contribution is 8.00. The molecular formula is C18H16FN3O2S2. The number of benzene rings is 1. The number of ketones is 1. The zero-order valence-electron chi connectivity index (χ0n) is 14.2. The van der Waals surface area contributed by atoms with Crippen molar-refractivity contribution in [3.63, 3.8) is 0 Å². The van der Waals surface area contributed by atoms with Crippen LogP contribution in [0, 0.1) is 5.82 Å². The van der Waals surface area contributed by atoms with E-state index in [-0.39, 0.29) is 23.0 Å². The Kier molecular flexibility index (Phi) is 5.63. The Labute approximate surface area is 158 Å². The van der Waals surface area contributed by atoms with Crippen LogP contribution in [0.2, 0.25) is 0 Å². The second-order valence-corrected chi connectivity index (χ2v) is 7.63. The molecule has 0 aliphatic rings. The fourth-order valence-corrected chi connectivity index (χ4v) is 4.26. The van der Waals surface area contributed by atoms with Gasteiger partial charge in [0.25, 0.3) is 0 Å². The lowest BCUT2D eigenvalue weighted by atomic mass is 10.1. The number of halogens is 1. The molecule has 5 nitrogen and oxygen atoms in total. The minimum absolute atomic E-state index is 0.00327. The summed E-state index contributed by atoms with van der Waals surface area (Å²) in [5.74, 6) is -1.22. The SMILES string of the molecule is CCc1cc2c(SCC(=O)c3ccc(NC(C)=O)cc3F)ncnc2s1. The molecule has 1 amide bonds. The van der Waals surface area contributed by atoms with E-state index in [9.17, 15) is 14.0 Å². The topological polar surface area (TPSA) is 72.0 Å². The average Bonchev–Trinajstić information content (AvgIpc) is 3.03. The number of rotatable bonds is 6.